The van der Waals surface area contributed by atoms with E-state index in [1.165, 1.54) is 12.1 Å². The van der Waals surface area contributed by atoms with Gasteiger partial charge in [0.25, 0.3) is 11.6 Å². The van der Waals surface area contributed by atoms with Crippen molar-refractivity contribution in [3.05, 3.63) is 81.9 Å². The van der Waals surface area contributed by atoms with Crippen LogP contribution in [0.4, 0.5) is 11.4 Å². The van der Waals surface area contributed by atoms with Gasteiger partial charge in [-0.05, 0) is 23.9 Å². The lowest BCUT2D eigenvalue weighted by atomic mass is 10.1. The first-order valence-corrected chi connectivity index (χ1v) is 7.75. The molecule has 25 heavy (non-hydrogen) atoms. The number of aryl methyl sites for hydroxylation is 1. The number of non-ortho nitro benzene ring substituents is 1. The molecule has 0 saturated heterocycles. The van der Waals surface area contributed by atoms with E-state index in [2.05, 4.69) is 5.43 Å². The van der Waals surface area contributed by atoms with Crippen LogP contribution in [0.25, 0.3) is 10.8 Å². The van der Waals surface area contributed by atoms with Crippen molar-refractivity contribution in [2.75, 3.05) is 12.1 Å². The van der Waals surface area contributed by atoms with Gasteiger partial charge in [-0.1, -0.05) is 42.5 Å². The maximum Gasteiger partial charge on any atom is 0.270 e. The number of amides is 1. The van der Waals surface area contributed by atoms with Gasteiger partial charge < -0.3 is 0 Å². The van der Waals surface area contributed by atoms with Crippen LogP contribution in [0.15, 0.2) is 60.7 Å². The molecule has 3 aromatic rings. The molecule has 126 valence electrons. The van der Waals surface area contributed by atoms with Crippen molar-refractivity contribution >= 4 is 28.1 Å². The first kappa shape index (κ1) is 16.4. The Morgan fingerprint density at radius 3 is 2.56 bits per heavy atom. The Morgan fingerprint density at radius 2 is 1.80 bits per heavy atom. The molecule has 1 amide bonds. The van der Waals surface area contributed by atoms with E-state index >= 15 is 0 Å². The summed E-state index contributed by atoms with van der Waals surface area (Å²) in [5.74, 6) is -0.392. The molecule has 0 aliphatic rings. The number of carbonyl (C=O) groups is 1. The van der Waals surface area contributed by atoms with Gasteiger partial charge in [-0.3, -0.25) is 25.3 Å². The molecule has 0 aliphatic carbocycles. The number of benzene rings is 3. The number of nitro groups is 1. The largest absolute Gasteiger partial charge is 0.288 e. The maximum absolute atomic E-state index is 12.6. The fourth-order valence-electron chi connectivity index (χ4n) is 2.74. The van der Waals surface area contributed by atoms with E-state index in [-0.39, 0.29) is 11.3 Å². The number of fused-ring (bicyclic) bond motifs is 1. The van der Waals surface area contributed by atoms with Crippen LogP contribution in [0.3, 0.4) is 0 Å². The molecule has 6 heteroatoms. The number of nitrogens with zero attached hydrogens (tertiary/aromatic N) is 2. The van der Waals surface area contributed by atoms with Gasteiger partial charge in [0.05, 0.1) is 16.2 Å². The molecule has 0 bridgehead atoms. The van der Waals surface area contributed by atoms with Gasteiger partial charge in [-0.2, -0.15) is 0 Å². The van der Waals surface area contributed by atoms with E-state index < -0.39 is 10.8 Å². The molecule has 0 saturated carbocycles. The second-order valence-corrected chi connectivity index (χ2v) is 5.75. The van der Waals surface area contributed by atoms with Crippen LogP contribution >= 0.6 is 0 Å². The Hall–Kier alpha value is -3.41. The number of hydrogen-bond donors (Lipinski definition) is 1. The Labute approximate surface area is 144 Å². The standard InChI is InChI=1S/C19H17N3O3/c1-13-10-11-15(22(24)25)12-17(13)19(23)20-21(2)18-9-5-7-14-6-3-4-8-16(14)18/h3-12H,1-2H3,(H,20,23). The lowest BCUT2D eigenvalue weighted by Crippen LogP contribution is -2.39. The molecule has 3 aromatic carbocycles. The highest BCUT2D eigenvalue weighted by molar-refractivity contribution is 5.99. The molecule has 0 aromatic heterocycles. The van der Waals surface area contributed by atoms with Crippen molar-refractivity contribution in [3.63, 3.8) is 0 Å². The van der Waals surface area contributed by atoms with Gasteiger partial charge in [0.1, 0.15) is 0 Å². The zero-order valence-electron chi connectivity index (χ0n) is 13.9. The summed E-state index contributed by atoms with van der Waals surface area (Å²) in [6, 6.07) is 17.9. The molecule has 0 radical (unpaired) electrons. The Balaban J connectivity index is 1.90. The summed E-state index contributed by atoms with van der Waals surface area (Å²) in [5, 5.41) is 14.6. The molecule has 0 unspecified atom stereocenters. The summed E-state index contributed by atoms with van der Waals surface area (Å²) in [4.78, 5) is 23.0. The Bertz CT molecular complexity index is 964. The minimum Gasteiger partial charge on any atom is -0.288 e. The quantitative estimate of drug-likeness (QED) is 0.580. The van der Waals surface area contributed by atoms with Gasteiger partial charge in [0.15, 0.2) is 0 Å². The second-order valence-electron chi connectivity index (χ2n) is 5.75. The Morgan fingerprint density at radius 1 is 1.08 bits per heavy atom. The number of hydrogen-bond acceptors (Lipinski definition) is 4. The van der Waals surface area contributed by atoms with Gasteiger partial charge >= 0.3 is 0 Å². The summed E-state index contributed by atoms with van der Waals surface area (Å²) in [5.41, 5.74) is 4.47. The zero-order chi connectivity index (χ0) is 18.0. The number of nitrogens with one attached hydrogen (secondary N) is 1. The maximum atomic E-state index is 12.6. The summed E-state index contributed by atoms with van der Waals surface area (Å²) in [7, 11) is 1.74. The second kappa shape index (κ2) is 6.60. The van der Waals surface area contributed by atoms with E-state index in [9.17, 15) is 14.9 Å². The molecule has 3 rings (SSSR count). The predicted octanol–water partition coefficient (Wildman–Crippen LogP) is 3.84. The highest BCUT2D eigenvalue weighted by Gasteiger charge is 2.16. The highest BCUT2D eigenvalue weighted by atomic mass is 16.6. The molecule has 0 heterocycles. The minimum absolute atomic E-state index is 0.108. The molecular weight excluding hydrogens is 318 g/mol. The van der Waals surface area contributed by atoms with Crippen LogP contribution in [-0.4, -0.2) is 17.9 Å². The molecule has 1 N–H and O–H groups in total. The van der Waals surface area contributed by atoms with Gasteiger partial charge in [0, 0.05) is 24.6 Å². The van der Waals surface area contributed by atoms with Crippen LogP contribution in [0.5, 0.6) is 0 Å². The molecule has 0 spiro atoms. The van der Waals surface area contributed by atoms with E-state index in [0.717, 1.165) is 16.5 Å². The fraction of sp³-hybridized carbons (Fsp3) is 0.105. The smallest absolute Gasteiger partial charge is 0.270 e. The zero-order valence-corrected chi connectivity index (χ0v) is 13.9. The number of anilines is 1. The van der Waals surface area contributed by atoms with Crippen LogP contribution in [0.1, 0.15) is 15.9 Å². The topological polar surface area (TPSA) is 75.5 Å². The van der Waals surface area contributed by atoms with Crippen molar-refractivity contribution in [2.24, 2.45) is 0 Å². The Kier molecular flexibility index (Phi) is 4.35. The number of carbonyl (C=O) groups excluding carboxylic acids is 1. The number of rotatable bonds is 4. The van der Waals surface area contributed by atoms with E-state index in [1.54, 1.807) is 25.0 Å². The molecular formula is C19H17N3O3. The number of nitro benzene ring substituents is 1. The van der Waals surface area contributed by atoms with Crippen molar-refractivity contribution in [2.45, 2.75) is 6.92 Å². The lowest BCUT2D eigenvalue weighted by molar-refractivity contribution is -0.384. The third-order valence-corrected chi connectivity index (χ3v) is 4.07. The van der Waals surface area contributed by atoms with Crippen molar-refractivity contribution in [1.29, 1.82) is 0 Å². The van der Waals surface area contributed by atoms with Crippen LogP contribution in [0, 0.1) is 17.0 Å². The average Bonchev–Trinajstić information content (AvgIpc) is 2.61. The van der Waals surface area contributed by atoms with E-state index in [4.69, 9.17) is 0 Å². The van der Waals surface area contributed by atoms with Gasteiger partial charge in [-0.25, -0.2) is 0 Å². The predicted molar refractivity (Wildman–Crippen MR) is 97.7 cm³/mol. The van der Waals surface area contributed by atoms with Crippen LogP contribution in [0.2, 0.25) is 0 Å². The SMILES string of the molecule is Cc1ccc([N+](=O)[O-])cc1C(=O)NN(C)c1cccc2ccccc12. The van der Waals surface area contributed by atoms with Crippen LogP contribution in [-0.2, 0) is 0 Å². The molecule has 6 nitrogen and oxygen atoms in total. The molecule has 0 atom stereocenters. The summed E-state index contributed by atoms with van der Waals surface area (Å²) < 4.78 is 0. The van der Waals surface area contributed by atoms with E-state index in [1.807, 2.05) is 42.5 Å². The van der Waals surface area contributed by atoms with Crippen molar-refractivity contribution in [3.8, 4) is 0 Å². The monoisotopic (exact) mass is 335 g/mol. The van der Waals surface area contributed by atoms with Crippen molar-refractivity contribution in [1.82, 2.24) is 5.43 Å². The number of hydrazine groups is 1. The summed E-state index contributed by atoms with van der Waals surface area (Å²) in [6.07, 6.45) is 0. The summed E-state index contributed by atoms with van der Waals surface area (Å²) >= 11 is 0. The minimum atomic E-state index is -0.509. The summed E-state index contributed by atoms with van der Waals surface area (Å²) in [6.45, 7) is 1.75. The van der Waals surface area contributed by atoms with E-state index in [0.29, 0.717) is 5.56 Å². The van der Waals surface area contributed by atoms with Gasteiger partial charge in [-0.15, -0.1) is 0 Å². The first-order chi connectivity index (χ1) is 12.0. The third-order valence-electron chi connectivity index (χ3n) is 4.07. The fourth-order valence-corrected chi connectivity index (χ4v) is 2.74. The highest BCUT2D eigenvalue weighted by Crippen LogP contribution is 2.25. The average molecular weight is 335 g/mol. The van der Waals surface area contributed by atoms with Crippen LogP contribution < -0.4 is 10.4 Å². The molecule has 0 fully saturated rings. The van der Waals surface area contributed by atoms with Crippen molar-refractivity contribution < 1.29 is 9.72 Å². The first-order valence-electron chi connectivity index (χ1n) is 7.75. The molecule has 0 aliphatic heterocycles. The normalized spacial score (nSPS) is 10.5. The van der Waals surface area contributed by atoms with Gasteiger partial charge in [0.2, 0.25) is 0 Å². The lowest BCUT2D eigenvalue weighted by Gasteiger charge is -2.22. The third kappa shape index (κ3) is 3.28.